The van der Waals surface area contributed by atoms with E-state index in [1.165, 1.54) is 4.41 Å². The molecule has 4 rings (SSSR count). The third kappa shape index (κ3) is 3.61. The molecule has 1 aliphatic heterocycles. The van der Waals surface area contributed by atoms with Gasteiger partial charge in [-0.3, -0.25) is 4.79 Å². The van der Waals surface area contributed by atoms with E-state index in [4.69, 9.17) is 0 Å². The number of nitrogens with zero attached hydrogens (tertiary/aromatic N) is 1. The maximum Gasteiger partial charge on any atom is 0.229 e. The van der Waals surface area contributed by atoms with Crippen LogP contribution in [0.25, 0.3) is 0 Å². The summed E-state index contributed by atoms with van der Waals surface area (Å²) >= 11 is 0. The van der Waals surface area contributed by atoms with E-state index in [0.717, 1.165) is 11.1 Å². The number of nitrogens with one attached hydrogen (secondary N) is 2. The van der Waals surface area contributed by atoms with E-state index in [9.17, 15) is 13.2 Å². The normalized spacial score (nSPS) is 30.6. The van der Waals surface area contributed by atoms with Crippen LogP contribution in [-0.4, -0.2) is 24.4 Å². The van der Waals surface area contributed by atoms with Crippen LogP contribution in [0.4, 0.5) is 0 Å². The Kier molecular flexibility index (Phi) is 6.05. The van der Waals surface area contributed by atoms with E-state index < -0.39 is 26.9 Å². The average molecular weight is 456 g/mol. The highest BCUT2D eigenvalue weighted by atomic mass is 32.2. The lowest BCUT2D eigenvalue weighted by Gasteiger charge is -2.42. The van der Waals surface area contributed by atoms with Crippen LogP contribution < -0.4 is 11.0 Å². The molecule has 2 aromatic carbocycles. The van der Waals surface area contributed by atoms with E-state index in [1.54, 1.807) is 0 Å². The third-order valence-corrected chi connectivity index (χ3v) is 9.80. The Hall–Kier alpha value is -2.06. The Balaban J connectivity index is 1.74. The Morgan fingerprint density at radius 3 is 2.06 bits per heavy atom. The lowest BCUT2D eigenvalue weighted by Crippen LogP contribution is -2.51. The molecule has 2 fully saturated rings. The van der Waals surface area contributed by atoms with Crippen molar-refractivity contribution >= 4 is 15.8 Å². The summed E-state index contributed by atoms with van der Waals surface area (Å²) in [6, 6.07) is 18.7. The van der Waals surface area contributed by atoms with E-state index in [-0.39, 0.29) is 23.5 Å². The predicted octanol–water partition coefficient (Wildman–Crippen LogP) is 4.16. The molecule has 0 bridgehead atoms. The highest BCUT2D eigenvalue weighted by molar-refractivity contribution is 7.89. The molecular formula is C25H33N3O3S. The summed E-state index contributed by atoms with van der Waals surface area (Å²) in [4.78, 5) is 13.2. The largest absolute Gasteiger partial charge is 0.299 e. The number of ketones is 1. The summed E-state index contributed by atoms with van der Waals surface area (Å²) in [5.41, 5.74) is 6.70. The molecular weight excluding hydrogens is 422 g/mol. The second-order valence-electron chi connectivity index (χ2n) is 9.74. The smallest absolute Gasteiger partial charge is 0.229 e. The van der Waals surface area contributed by atoms with Crippen molar-refractivity contribution in [3.05, 3.63) is 71.8 Å². The van der Waals surface area contributed by atoms with E-state index in [0.29, 0.717) is 12.8 Å². The van der Waals surface area contributed by atoms with Crippen LogP contribution in [0.3, 0.4) is 0 Å². The summed E-state index contributed by atoms with van der Waals surface area (Å²) in [7, 11) is -3.84. The molecule has 1 aliphatic carbocycles. The minimum atomic E-state index is -3.84. The van der Waals surface area contributed by atoms with Crippen LogP contribution in [-0.2, 0) is 14.8 Å². The number of hydrogen-bond acceptors (Lipinski definition) is 5. The summed E-state index contributed by atoms with van der Waals surface area (Å²) in [6.07, 6.45) is 0.929. The van der Waals surface area contributed by atoms with Crippen molar-refractivity contribution in [1.82, 2.24) is 15.4 Å². The van der Waals surface area contributed by atoms with Crippen LogP contribution >= 0.6 is 0 Å². The summed E-state index contributed by atoms with van der Waals surface area (Å²) in [5, 5.41) is 0. The van der Waals surface area contributed by atoms with E-state index in [1.807, 2.05) is 81.4 Å². The highest BCUT2D eigenvalue weighted by Gasteiger charge is 2.60. The third-order valence-electron chi connectivity index (χ3n) is 8.02. The first-order valence-corrected chi connectivity index (χ1v) is 12.9. The molecule has 0 radical (unpaired) electrons. The molecule has 172 valence electrons. The van der Waals surface area contributed by atoms with Crippen molar-refractivity contribution in [3.8, 4) is 0 Å². The second-order valence-corrected chi connectivity index (χ2v) is 11.6. The van der Waals surface area contributed by atoms with Crippen LogP contribution in [0, 0.1) is 16.7 Å². The fourth-order valence-electron chi connectivity index (χ4n) is 5.53. The van der Waals surface area contributed by atoms with E-state index in [2.05, 4.69) is 17.9 Å². The predicted molar refractivity (Wildman–Crippen MR) is 126 cm³/mol. The molecule has 0 spiro atoms. The molecule has 1 saturated carbocycles. The highest BCUT2D eigenvalue weighted by Crippen LogP contribution is 2.56. The molecule has 2 aromatic rings. The topological polar surface area (TPSA) is 78.5 Å². The fraction of sp³-hybridized carbons (Fsp3) is 0.480. The zero-order valence-electron chi connectivity index (χ0n) is 19.2. The number of rotatable bonds is 6. The van der Waals surface area contributed by atoms with Crippen molar-refractivity contribution < 1.29 is 13.2 Å². The summed E-state index contributed by atoms with van der Waals surface area (Å²) in [5.74, 6) is -0.00691. The summed E-state index contributed by atoms with van der Waals surface area (Å²) < 4.78 is 29.2. The van der Waals surface area contributed by atoms with Gasteiger partial charge in [-0.2, -0.15) is 5.53 Å². The van der Waals surface area contributed by atoms with Crippen molar-refractivity contribution in [3.63, 3.8) is 0 Å². The Bertz CT molecular complexity index is 1070. The minimum Gasteiger partial charge on any atom is -0.299 e. The van der Waals surface area contributed by atoms with Gasteiger partial charge in [-0.1, -0.05) is 88.4 Å². The first-order chi connectivity index (χ1) is 15.1. The Morgan fingerprint density at radius 1 is 1.00 bits per heavy atom. The monoisotopic (exact) mass is 455 g/mol. The minimum absolute atomic E-state index is 0.0594. The number of benzene rings is 2. The number of Topliss-reactive ketones (excluding diaryl/α,β-unsaturated/α-hetero) is 1. The number of hydrazine groups is 2. The van der Waals surface area contributed by atoms with Gasteiger partial charge in [0.05, 0.1) is 17.8 Å². The first-order valence-electron chi connectivity index (χ1n) is 11.3. The first kappa shape index (κ1) is 23.1. The lowest BCUT2D eigenvalue weighted by molar-refractivity contribution is -0.128. The van der Waals surface area contributed by atoms with Crippen LogP contribution in [0.15, 0.2) is 60.7 Å². The fourth-order valence-corrected chi connectivity index (χ4v) is 7.81. The second kappa shape index (κ2) is 8.37. The molecule has 7 heteroatoms. The molecule has 6 nitrogen and oxygen atoms in total. The van der Waals surface area contributed by atoms with Crippen LogP contribution in [0.5, 0.6) is 0 Å². The van der Waals surface area contributed by atoms with Gasteiger partial charge >= 0.3 is 0 Å². The van der Waals surface area contributed by atoms with Crippen molar-refractivity contribution in [2.45, 2.75) is 52.6 Å². The number of carbonyl (C=O) groups excluding carboxylic acids is 1. The van der Waals surface area contributed by atoms with Crippen molar-refractivity contribution in [2.24, 2.45) is 16.7 Å². The van der Waals surface area contributed by atoms with Gasteiger partial charge in [0, 0.05) is 11.8 Å². The number of hydrogen-bond donors (Lipinski definition) is 2. The Labute approximate surface area is 191 Å². The molecule has 32 heavy (non-hydrogen) atoms. The molecule has 2 unspecified atom stereocenters. The maximum atomic E-state index is 13.9. The molecule has 2 aliphatic rings. The molecule has 4 atom stereocenters. The van der Waals surface area contributed by atoms with Gasteiger partial charge in [0.1, 0.15) is 5.78 Å². The standard InChI is InChI=1S/C25H33N3O3S/c1-5-25(21(29)16-18(2)24(25,3)4)17-32(30,31)28-23(20-14-10-7-11-15-20)22(26-27-28)19-12-8-6-9-13-19/h6-15,18,22-23,26-27H,5,16-17H2,1-4H3/t18?,22?,23-,25+/m1/s1. The van der Waals surface area contributed by atoms with Crippen molar-refractivity contribution in [1.29, 1.82) is 0 Å². The molecule has 1 heterocycles. The van der Waals surface area contributed by atoms with Gasteiger partial charge < -0.3 is 0 Å². The van der Waals surface area contributed by atoms with Crippen LogP contribution in [0.2, 0.25) is 0 Å². The van der Waals surface area contributed by atoms with Gasteiger partial charge in [0.15, 0.2) is 0 Å². The number of carbonyl (C=O) groups is 1. The van der Waals surface area contributed by atoms with Gasteiger partial charge in [0.2, 0.25) is 10.0 Å². The number of sulfonamides is 1. The quantitative estimate of drug-likeness (QED) is 0.684. The lowest BCUT2D eigenvalue weighted by atomic mass is 9.64. The molecule has 0 amide bonds. The van der Waals surface area contributed by atoms with E-state index >= 15 is 0 Å². The molecule has 0 aromatic heterocycles. The van der Waals surface area contributed by atoms with Gasteiger partial charge in [-0.05, 0) is 28.9 Å². The van der Waals surface area contributed by atoms with Gasteiger partial charge in [-0.25, -0.2) is 13.8 Å². The summed E-state index contributed by atoms with van der Waals surface area (Å²) in [6.45, 7) is 8.07. The average Bonchev–Trinajstić information content (AvgIpc) is 3.30. The molecule has 2 N–H and O–H groups in total. The molecule has 1 saturated heterocycles. The maximum absolute atomic E-state index is 13.9. The van der Waals surface area contributed by atoms with Gasteiger partial charge in [0.25, 0.3) is 0 Å². The zero-order valence-corrected chi connectivity index (χ0v) is 20.0. The van der Waals surface area contributed by atoms with Gasteiger partial charge in [-0.15, -0.1) is 4.41 Å². The Morgan fingerprint density at radius 2 is 1.56 bits per heavy atom. The SMILES string of the molecule is CC[C@]1(CS(=O)(=O)N2NNC(c3ccccc3)[C@H]2c2ccccc2)C(=O)CC(C)C1(C)C. The van der Waals surface area contributed by atoms with Crippen molar-refractivity contribution in [2.75, 3.05) is 5.75 Å². The zero-order chi connectivity index (χ0) is 23.1. The van der Waals surface area contributed by atoms with Crippen LogP contribution in [0.1, 0.15) is 63.7 Å².